The highest BCUT2D eigenvalue weighted by atomic mass is 32.1. The van der Waals surface area contributed by atoms with Crippen molar-refractivity contribution in [3.05, 3.63) is 41.3 Å². The first-order valence-electron chi connectivity index (χ1n) is 5.63. The maximum Gasteiger partial charge on any atom is 0.338 e. The number of thiophene rings is 1. The number of urea groups is 1. The van der Waals surface area contributed by atoms with Gasteiger partial charge >= 0.3 is 12.0 Å². The lowest BCUT2D eigenvalue weighted by molar-refractivity contribution is 0.0698. The van der Waals surface area contributed by atoms with E-state index in [2.05, 4.69) is 10.6 Å². The molecule has 1 aromatic heterocycles. The van der Waals surface area contributed by atoms with Gasteiger partial charge in [-0.15, -0.1) is 11.3 Å². The Morgan fingerprint density at radius 3 is 2.65 bits per heavy atom. The number of methoxy groups -OCH3 is 1. The van der Waals surface area contributed by atoms with Gasteiger partial charge in [0.15, 0.2) is 0 Å². The lowest BCUT2D eigenvalue weighted by Gasteiger charge is -2.10. The van der Waals surface area contributed by atoms with Gasteiger partial charge in [0.2, 0.25) is 0 Å². The summed E-state index contributed by atoms with van der Waals surface area (Å²) in [7, 11) is 1.50. The minimum Gasteiger partial charge on any atom is -0.495 e. The molecule has 0 bridgehead atoms. The number of anilines is 2. The van der Waals surface area contributed by atoms with E-state index >= 15 is 0 Å². The molecule has 0 saturated heterocycles. The molecule has 0 unspecified atom stereocenters. The van der Waals surface area contributed by atoms with Gasteiger partial charge in [0.25, 0.3) is 0 Å². The molecule has 0 aliphatic rings. The van der Waals surface area contributed by atoms with Gasteiger partial charge in [-0.2, -0.15) is 0 Å². The minimum absolute atomic E-state index is 0.0603. The normalized spacial score (nSPS) is 9.85. The van der Waals surface area contributed by atoms with E-state index in [1.165, 1.54) is 13.2 Å². The summed E-state index contributed by atoms with van der Waals surface area (Å²) in [6.45, 7) is 0. The number of benzene rings is 1. The third kappa shape index (κ3) is 3.07. The summed E-state index contributed by atoms with van der Waals surface area (Å²) >= 11 is 1.14. The first-order valence-corrected chi connectivity index (χ1v) is 6.51. The number of hydrogen-bond acceptors (Lipinski definition) is 4. The SMILES string of the molecule is COc1ccccc1NC(=O)Nc1sccc1C(=O)O. The van der Waals surface area contributed by atoms with Crippen LogP contribution in [0.2, 0.25) is 0 Å². The van der Waals surface area contributed by atoms with E-state index in [1.54, 1.807) is 29.6 Å². The van der Waals surface area contributed by atoms with Crippen LogP contribution in [0, 0.1) is 0 Å². The van der Waals surface area contributed by atoms with Gasteiger partial charge in [-0.3, -0.25) is 5.32 Å². The summed E-state index contributed by atoms with van der Waals surface area (Å²) in [6, 6.07) is 7.84. The molecule has 1 aromatic carbocycles. The molecular formula is C13H12N2O4S. The smallest absolute Gasteiger partial charge is 0.338 e. The summed E-state index contributed by atoms with van der Waals surface area (Å²) < 4.78 is 5.11. The first kappa shape index (κ1) is 13.9. The predicted octanol–water partition coefficient (Wildman–Crippen LogP) is 3.10. The molecule has 0 aliphatic carbocycles. The van der Waals surface area contributed by atoms with Gasteiger partial charge in [0.1, 0.15) is 10.8 Å². The number of hydrogen-bond donors (Lipinski definition) is 3. The lowest BCUT2D eigenvalue weighted by atomic mass is 10.3. The first-order chi connectivity index (χ1) is 9.61. The summed E-state index contributed by atoms with van der Waals surface area (Å²) in [5.74, 6) is -0.564. The topological polar surface area (TPSA) is 87.7 Å². The minimum atomic E-state index is -1.08. The van der Waals surface area contributed by atoms with Crippen LogP contribution < -0.4 is 15.4 Å². The van der Waals surface area contributed by atoms with Gasteiger partial charge in [-0.1, -0.05) is 12.1 Å². The number of carboxylic acids is 1. The van der Waals surface area contributed by atoms with Crippen LogP contribution in [0.15, 0.2) is 35.7 Å². The van der Waals surface area contributed by atoms with Gasteiger partial charge in [0, 0.05) is 0 Å². The van der Waals surface area contributed by atoms with E-state index in [-0.39, 0.29) is 10.6 Å². The van der Waals surface area contributed by atoms with Crippen molar-refractivity contribution >= 4 is 34.0 Å². The average molecular weight is 292 g/mol. The molecule has 0 radical (unpaired) electrons. The number of aromatic carboxylic acids is 1. The molecule has 104 valence electrons. The van der Waals surface area contributed by atoms with Crippen LogP contribution >= 0.6 is 11.3 Å². The highest BCUT2D eigenvalue weighted by Gasteiger charge is 2.14. The molecule has 7 heteroatoms. The maximum atomic E-state index is 11.9. The zero-order valence-corrected chi connectivity index (χ0v) is 11.4. The second-order valence-corrected chi connectivity index (χ2v) is 4.66. The highest BCUT2D eigenvalue weighted by Crippen LogP contribution is 2.25. The van der Waals surface area contributed by atoms with Crippen LogP contribution in [-0.2, 0) is 0 Å². The number of carbonyl (C=O) groups is 2. The molecule has 20 heavy (non-hydrogen) atoms. The quantitative estimate of drug-likeness (QED) is 0.808. The molecule has 0 aliphatic heterocycles. The van der Waals surface area contributed by atoms with E-state index in [4.69, 9.17) is 9.84 Å². The van der Waals surface area contributed by atoms with Gasteiger partial charge in [-0.05, 0) is 23.6 Å². The van der Waals surface area contributed by atoms with Crippen LogP contribution in [-0.4, -0.2) is 24.2 Å². The van der Waals surface area contributed by atoms with Crippen molar-refractivity contribution in [2.24, 2.45) is 0 Å². The number of ether oxygens (including phenoxy) is 1. The van der Waals surface area contributed by atoms with Crippen molar-refractivity contribution < 1.29 is 19.4 Å². The number of nitrogens with one attached hydrogen (secondary N) is 2. The Labute approximate surface area is 119 Å². The Balaban J connectivity index is 2.09. The van der Waals surface area contributed by atoms with Gasteiger partial charge < -0.3 is 15.2 Å². The van der Waals surface area contributed by atoms with Gasteiger partial charge in [-0.25, -0.2) is 9.59 Å². The molecule has 2 rings (SSSR count). The molecular weight excluding hydrogens is 280 g/mol. The Hall–Kier alpha value is -2.54. The van der Waals surface area contributed by atoms with Crippen molar-refractivity contribution in [2.45, 2.75) is 0 Å². The number of carboxylic acid groups (broad SMARTS) is 1. The zero-order valence-electron chi connectivity index (χ0n) is 10.5. The van der Waals surface area contributed by atoms with Crippen molar-refractivity contribution in [1.29, 1.82) is 0 Å². The van der Waals surface area contributed by atoms with E-state index < -0.39 is 12.0 Å². The van der Waals surface area contributed by atoms with Crippen molar-refractivity contribution in [2.75, 3.05) is 17.7 Å². The second-order valence-electron chi connectivity index (χ2n) is 3.75. The fourth-order valence-electron chi connectivity index (χ4n) is 1.58. The molecule has 0 spiro atoms. The molecule has 1 heterocycles. The molecule has 6 nitrogen and oxygen atoms in total. The van der Waals surface area contributed by atoms with Crippen LogP contribution in [0.5, 0.6) is 5.75 Å². The molecule has 2 amide bonds. The fraction of sp³-hybridized carbons (Fsp3) is 0.0769. The van der Waals surface area contributed by atoms with Crippen molar-refractivity contribution in [1.82, 2.24) is 0 Å². The van der Waals surface area contributed by atoms with Crippen LogP contribution in [0.25, 0.3) is 0 Å². The van der Waals surface area contributed by atoms with Crippen molar-refractivity contribution in [3.63, 3.8) is 0 Å². The predicted molar refractivity (Wildman–Crippen MR) is 76.9 cm³/mol. The van der Waals surface area contributed by atoms with E-state index in [9.17, 15) is 9.59 Å². The molecule has 0 fully saturated rings. The Bertz CT molecular complexity index is 639. The lowest BCUT2D eigenvalue weighted by Crippen LogP contribution is -2.20. The highest BCUT2D eigenvalue weighted by molar-refractivity contribution is 7.14. The van der Waals surface area contributed by atoms with E-state index in [1.807, 2.05) is 0 Å². The Morgan fingerprint density at radius 2 is 1.95 bits per heavy atom. The number of rotatable bonds is 4. The molecule has 0 saturated carbocycles. The Kier molecular flexibility index (Phi) is 4.21. The Morgan fingerprint density at radius 1 is 1.20 bits per heavy atom. The zero-order chi connectivity index (χ0) is 14.5. The number of amides is 2. The van der Waals surface area contributed by atoms with Crippen LogP contribution in [0.3, 0.4) is 0 Å². The van der Waals surface area contributed by atoms with Crippen LogP contribution in [0.1, 0.15) is 10.4 Å². The summed E-state index contributed by atoms with van der Waals surface area (Å²) in [5.41, 5.74) is 0.561. The number of para-hydroxylation sites is 2. The van der Waals surface area contributed by atoms with Crippen molar-refractivity contribution in [3.8, 4) is 5.75 Å². The maximum absolute atomic E-state index is 11.9. The van der Waals surface area contributed by atoms with E-state index in [0.717, 1.165) is 11.3 Å². The summed E-state index contributed by atoms with van der Waals surface area (Å²) in [4.78, 5) is 22.8. The summed E-state index contributed by atoms with van der Waals surface area (Å²) in [6.07, 6.45) is 0. The molecule has 3 N–H and O–H groups in total. The summed E-state index contributed by atoms with van der Waals surface area (Å²) in [5, 5.41) is 15.9. The van der Waals surface area contributed by atoms with Gasteiger partial charge in [0.05, 0.1) is 18.4 Å². The fourth-order valence-corrected chi connectivity index (χ4v) is 2.35. The second kappa shape index (κ2) is 6.07. The molecule has 2 aromatic rings. The third-order valence-electron chi connectivity index (χ3n) is 2.48. The third-order valence-corrected chi connectivity index (χ3v) is 3.31. The number of carbonyl (C=O) groups excluding carboxylic acids is 1. The largest absolute Gasteiger partial charge is 0.495 e. The van der Waals surface area contributed by atoms with Crippen LogP contribution in [0.4, 0.5) is 15.5 Å². The molecule has 0 atom stereocenters. The monoisotopic (exact) mass is 292 g/mol. The van der Waals surface area contributed by atoms with E-state index in [0.29, 0.717) is 11.4 Å². The average Bonchev–Trinajstić information content (AvgIpc) is 2.87. The standard InChI is InChI=1S/C13H12N2O4S/c1-19-10-5-3-2-4-9(10)14-13(18)15-11-8(12(16)17)6-7-20-11/h2-7H,1H3,(H,16,17)(H2,14,15,18).